The number of halogens is 5. The van der Waals surface area contributed by atoms with Crippen molar-refractivity contribution in [2.75, 3.05) is 0 Å². The van der Waals surface area contributed by atoms with Gasteiger partial charge in [-0.15, -0.1) is 0 Å². The van der Waals surface area contributed by atoms with Gasteiger partial charge in [-0.25, -0.2) is 4.39 Å². The highest BCUT2D eigenvalue weighted by Gasteiger charge is 2.34. The summed E-state index contributed by atoms with van der Waals surface area (Å²) < 4.78 is 54.8. The highest BCUT2D eigenvalue weighted by atomic mass is 35.5. The zero-order chi connectivity index (χ0) is 21.2. The van der Waals surface area contributed by atoms with Crippen molar-refractivity contribution >= 4 is 17.5 Å². The minimum absolute atomic E-state index is 0.000795. The molecule has 1 aromatic heterocycles. The van der Waals surface area contributed by atoms with Crippen LogP contribution in [-0.4, -0.2) is 5.91 Å². The van der Waals surface area contributed by atoms with Gasteiger partial charge >= 0.3 is 6.18 Å². The molecule has 0 saturated heterocycles. The number of aromatic nitrogens is 1. The summed E-state index contributed by atoms with van der Waals surface area (Å²) in [6, 6.07) is 10.9. The zero-order valence-electron chi connectivity index (χ0n) is 14.6. The molecule has 0 atom stereocenters. The van der Waals surface area contributed by atoms with E-state index in [9.17, 15) is 27.6 Å². The summed E-state index contributed by atoms with van der Waals surface area (Å²) in [5.74, 6) is -1.77. The fourth-order valence-electron chi connectivity index (χ4n) is 2.74. The van der Waals surface area contributed by atoms with E-state index in [1.165, 1.54) is 24.4 Å². The van der Waals surface area contributed by atoms with Crippen LogP contribution < -0.4 is 10.0 Å². The molecule has 0 fully saturated rings. The number of nitrogens with one attached hydrogen (secondary N) is 1. The van der Waals surface area contributed by atoms with Crippen molar-refractivity contribution in [1.82, 2.24) is 5.32 Å². The van der Waals surface area contributed by atoms with Crippen molar-refractivity contribution in [2.45, 2.75) is 12.7 Å². The Bertz CT molecular complexity index is 1070. The Morgan fingerprint density at radius 1 is 1.10 bits per heavy atom. The van der Waals surface area contributed by atoms with Crippen molar-refractivity contribution in [1.29, 1.82) is 0 Å². The molecule has 1 amide bonds. The number of alkyl halides is 3. The zero-order valence-corrected chi connectivity index (χ0v) is 15.4. The second-order valence-corrected chi connectivity index (χ2v) is 6.52. The Morgan fingerprint density at radius 2 is 1.86 bits per heavy atom. The normalized spacial score (nSPS) is 11.3. The van der Waals surface area contributed by atoms with E-state index in [1.807, 2.05) is 0 Å². The molecule has 3 aromatic rings. The number of nitrogens with zero attached hydrogens (tertiary/aromatic N) is 1. The van der Waals surface area contributed by atoms with Crippen molar-refractivity contribution < 1.29 is 27.1 Å². The van der Waals surface area contributed by atoms with E-state index in [4.69, 9.17) is 11.6 Å². The lowest BCUT2D eigenvalue weighted by atomic mass is 9.97. The first-order valence-corrected chi connectivity index (χ1v) is 8.66. The van der Waals surface area contributed by atoms with Gasteiger partial charge in [0, 0.05) is 17.2 Å². The fraction of sp³-hybridized carbons (Fsp3) is 0.100. The average Bonchev–Trinajstić information content (AvgIpc) is 2.67. The van der Waals surface area contributed by atoms with Crippen LogP contribution in [0.2, 0.25) is 5.02 Å². The predicted octanol–water partition coefficient (Wildman–Crippen LogP) is 4.73. The number of rotatable bonds is 4. The van der Waals surface area contributed by atoms with E-state index >= 15 is 0 Å². The molecule has 0 aliphatic heterocycles. The van der Waals surface area contributed by atoms with Gasteiger partial charge in [0.2, 0.25) is 5.69 Å². The van der Waals surface area contributed by atoms with Gasteiger partial charge in [0.1, 0.15) is 12.4 Å². The third-order valence-electron chi connectivity index (χ3n) is 4.14. The quantitative estimate of drug-likeness (QED) is 0.374. The van der Waals surface area contributed by atoms with Crippen LogP contribution in [0, 0.1) is 11.0 Å². The van der Waals surface area contributed by atoms with Gasteiger partial charge in [-0.1, -0.05) is 23.7 Å². The lowest BCUT2D eigenvalue weighted by Crippen LogP contribution is -2.35. The molecule has 9 heteroatoms. The summed E-state index contributed by atoms with van der Waals surface area (Å²) in [6.07, 6.45) is -3.45. The summed E-state index contributed by atoms with van der Waals surface area (Å²) in [5.41, 5.74) is -1.47. The van der Waals surface area contributed by atoms with Crippen LogP contribution in [0.4, 0.5) is 17.6 Å². The van der Waals surface area contributed by atoms with Gasteiger partial charge < -0.3 is 10.5 Å². The SMILES string of the molecule is O=C(NCc1cccc[n+]1[O-])c1cc(-c2ccc(Cl)cc2C(F)(F)F)ccc1F. The van der Waals surface area contributed by atoms with E-state index in [1.54, 1.807) is 6.07 Å². The summed E-state index contributed by atoms with van der Waals surface area (Å²) in [6.45, 7) is -0.179. The molecule has 0 spiro atoms. The number of amides is 1. The summed E-state index contributed by atoms with van der Waals surface area (Å²) in [7, 11) is 0. The van der Waals surface area contributed by atoms with Crippen molar-refractivity contribution in [3.05, 3.63) is 93.7 Å². The van der Waals surface area contributed by atoms with E-state index in [0.29, 0.717) is 4.73 Å². The first kappa shape index (κ1) is 20.6. The van der Waals surface area contributed by atoms with Crippen LogP contribution in [0.25, 0.3) is 11.1 Å². The van der Waals surface area contributed by atoms with Crippen molar-refractivity contribution in [2.24, 2.45) is 0 Å². The molecule has 29 heavy (non-hydrogen) atoms. The number of pyridine rings is 1. The Kier molecular flexibility index (Phi) is 5.74. The van der Waals surface area contributed by atoms with Gasteiger partial charge in [-0.05, 0) is 41.5 Å². The molecule has 0 radical (unpaired) electrons. The second kappa shape index (κ2) is 8.08. The van der Waals surface area contributed by atoms with Gasteiger partial charge in [0.15, 0.2) is 6.20 Å². The van der Waals surface area contributed by atoms with Crippen molar-refractivity contribution in [3.8, 4) is 11.1 Å². The van der Waals surface area contributed by atoms with Crippen LogP contribution >= 0.6 is 11.6 Å². The number of carbonyl (C=O) groups excluding carboxylic acids is 1. The fourth-order valence-corrected chi connectivity index (χ4v) is 2.91. The van der Waals surface area contributed by atoms with E-state index in [-0.39, 0.29) is 28.4 Å². The van der Waals surface area contributed by atoms with Crippen LogP contribution in [0.15, 0.2) is 60.8 Å². The highest BCUT2D eigenvalue weighted by Crippen LogP contribution is 2.38. The average molecular weight is 425 g/mol. The minimum Gasteiger partial charge on any atom is -0.618 e. The maximum atomic E-state index is 14.2. The second-order valence-electron chi connectivity index (χ2n) is 6.08. The third kappa shape index (κ3) is 4.65. The lowest BCUT2D eigenvalue weighted by molar-refractivity contribution is -0.614. The largest absolute Gasteiger partial charge is 0.618 e. The molecule has 0 aliphatic rings. The standard InChI is InChI=1S/C20H13ClF4N2O2/c21-13-5-6-15(17(10-13)20(23,24)25)12-4-7-18(22)16(9-12)19(28)26-11-14-3-1-2-8-27(14)29/h1-10H,11H2,(H,26,28). The molecular weight excluding hydrogens is 412 g/mol. The van der Waals surface area contributed by atoms with Gasteiger partial charge in [-0.3, -0.25) is 4.79 Å². The summed E-state index contributed by atoms with van der Waals surface area (Å²) >= 11 is 5.68. The molecule has 0 saturated carbocycles. The molecule has 4 nitrogen and oxygen atoms in total. The topological polar surface area (TPSA) is 56.0 Å². The number of carbonyl (C=O) groups is 1. The van der Waals surface area contributed by atoms with Crippen LogP contribution in [0.1, 0.15) is 21.6 Å². The molecule has 0 bridgehead atoms. The Morgan fingerprint density at radius 3 is 2.55 bits per heavy atom. The lowest BCUT2D eigenvalue weighted by Gasteiger charge is -2.14. The molecule has 0 aliphatic carbocycles. The molecule has 150 valence electrons. The molecule has 0 unspecified atom stereocenters. The van der Waals surface area contributed by atoms with Gasteiger partial charge in [0.25, 0.3) is 5.91 Å². The van der Waals surface area contributed by atoms with Gasteiger partial charge in [-0.2, -0.15) is 17.9 Å². The maximum Gasteiger partial charge on any atom is 0.417 e. The first-order valence-electron chi connectivity index (χ1n) is 8.29. The van der Waals surface area contributed by atoms with E-state index < -0.39 is 29.0 Å². The predicted molar refractivity (Wildman–Crippen MR) is 98.4 cm³/mol. The first-order chi connectivity index (χ1) is 13.7. The molecule has 3 rings (SSSR count). The van der Waals surface area contributed by atoms with Gasteiger partial charge in [0.05, 0.1) is 11.1 Å². The summed E-state index contributed by atoms with van der Waals surface area (Å²) in [5, 5.41) is 13.9. The van der Waals surface area contributed by atoms with Crippen LogP contribution in [-0.2, 0) is 12.7 Å². The maximum absolute atomic E-state index is 14.2. The monoisotopic (exact) mass is 424 g/mol. The summed E-state index contributed by atoms with van der Waals surface area (Å²) in [4.78, 5) is 12.4. The molecule has 2 aromatic carbocycles. The van der Waals surface area contributed by atoms with Crippen LogP contribution in [0.5, 0.6) is 0 Å². The van der Waals surface area contributed by atoms with E-state index in [2.05, 4.69) is 5.32 Å². The molecule has 1 heterocycles. The Hall–Kier alpha value is -3.13. The third-order valence-corrected chi connectivity index (χ3v) is 4.38. The highest BCUT2D eigenvalue weighted by molar-refractivity contribution is 6.30. The molecule has 1 N–H and O–H groups in total. The Balaban J connectivity index is 1.93. The number of hydrogen-bond acceptors (Lipinski definition) is 2. The van der Waals surface area contributed by atoms with Crippen LogP contribution in [0.3, 0.4) is 0 Å². The van der Waals surface area contributed by atoms with Crippen molar-refractivity contribution in [3.63, 3.8) is 0 Å². The molecular formula is C20H13ClF4N2O2. The smallest absolute Gasteiger partial charge is 0.417 e. The Labute approximate surface area is 167 Å². The number of hydrogen-bond donors (Lipinski definition) is 1. The number of benzene rings is 2. The van der Waals surface area contributed by atoms with E-state index in [0.717, 1.165) is 30.3 Å². The minimum atomic E-state index is -4.69.